The van der Waals surface area contributed by atoms with Gasteiger partial charge >= 0.3 is 11.9 Å². The molecule has 2 aliphatic rings. The zero-order valence-corrected chi connectivity index (χ0v) is 38.5. The van der Waals surface area contributed by atoms with Crippen LogP contribution in [0.25, 0.3) is 0 Å². The van der Waals surface area contributed by atoms with Gasteiger partial charge in [-0.25, -0.2) is 0 Å². The van der Waals surface area contributed by atoms with Gasteiger partial charge in [-0.05, 0) is 77.8 Å². The number of unbranched alkanes of at least 4 members (excludes halogenated alkanes) is 5. The minimum atomic E-state index is 0.0614. The van der Waals surface area contributed by atoms with E-state index in [2.05, 4.69) is 11.9 Å². The van der Waals surface area contributed by atoms with Gasteiger partial charge in [0, 0.05) is 12.6 Å². The maximum atomic E-state index is 13.0. The number of nitrogens with zero attached hydrogens (tertiary/aromatic N) is 1. The van der Waals surface area contributed by atoms with E-state index >= 15 is 0 Å². The number of hydrogen-bond acceptors (Lipinski definition) is 6. The predicted octanol–water partition coefficient (Wildman–Crippen LogP) is 14.7. The number of carbonyl (C=O) groups excluding carboxylic acids is 2. The standard InChI is InChI=1S/C46H87NO5.2C2H6/c1-47(38-28-29-39-48)44(36-26-20-30-40-51-45(49)42-32-22-16-12-8-4-2-5-9-13-17-23-33-42)37-27-21-31-41-52-46(50)43-34-24-18-14-10-6-3-7-11-15-19-25-35-43;2*1-2/h42-44,48H,2-41H2,1H3;2*1-2H3. The van der Waals surface area contributed by atoms with Crippen LogP contribution in [-0.4, -0.2) is 61.4 Å². The summed E-state index contributed by atoms with van der Waals surface area (Å²) in [5.74, 6) is 0.322. The molecular formula is C50H99NO5. The monoisotopic (exact) mass is 794 g/mol. The Morgan fingerprint density at radius 1 is 0.464 bits per heavy atom. The molecule has 334 valence electrons. The summed E-state index contributed by atoms with van der Waals surface area (Å²) in [6.07, 6.45) is 43.3. The number of hydrogen-bond donors (Lipinski definition) is 1. The van der Waals surface area contributed by atoms with Gasteiger partial charge in [-0.2, -0.15) is 0 Å². The van der Waals surface area contributed by atoms with Crippen LogP contribution in [-0.2, 0) is 19.1 Å². The Balaban J connectivity index is 0.00000731. The highest BCUT2D eigenvalue weighted by atomic mass is 16.5. The average molecular weight is 794 g/mol. The quantitative estimate of drug-likeness (QED) is 0.104. The third-order valence-electron chi connectivity index (χ3n) is 12.3. The van der Waals surface area contributed by atoms with Crippen molar-refractivity contribution in [3.63, 3.8) is 0 Å². The average Bonchev–Trinajstić information content (AvgIpc) is 3.22. The van der Waals surface area contributed by atoms with Crippen LogP contribution >= 0.6 is 0 Å². The van der Waals surface area contributed by atoms with Crippen molar-refractivity contribution in [1.29, 1.82) is 0 Å². The van der Waals surface area contributed by atoms with Crippen molar-refractivity contribution in [3.8, 4) is 0 Å². The largest absolute Gasteiger partial charge is 0.465 e. The second-order valence-electron chi connectivity index (χ2n) is 16.9. The number of ether oxygens (including phenoxy) is 2. The van der Waals surface area contributed by atoms with Crippen molar-refractivity contribution < 1.29 is 24.2 Å². The Bertz CT molecular complexity index is 735. The lowest BCUT2D eigenvalue weighted by Crippen LogP contribution is -2.32. The fourth-order valence-electron chi connectivity index (χ4n) is 8.64. The summed E-state index contributed by atoms with van der Waals surface area (Å²) in [6, 6.07) is 0.526. The highest BCUT2D eigenvalue weighted by molar-refractivity contribution is 5.72. The van der Waals surface area contributed by atoms with Crippen molar-refractivity contribution in [3.05, 3.63) is 0 Å². The van der Waals surface area contributed by atoms with Crippen LogP contribution in [0.4, 0.5) is 0 Å². The molecule has 0 unspecified atom stereocenters. The molecule has 2 saturated carbocycles. The fourth-order valence-corrected chi connectivity index (χ4v) is 8.64. The molecule has 0 heterocycles. The SMILES string of the molecule is CC.CC.CN(CCCCO)C(CCCCCOC(=O)C1CCCCCCCCCCCCC1)CCCCCOC(=O)C1CCCCCCCCCCCCC1. The van der Waals surface area contributed by atoms with E-state index in [0.717, 1.165) is 96.4 Å². The third kappa shape index (κ3) is 32.8. The maximum absolute atomic E-state index is 13.0. The molecule has 2 fully saturated rings. The molecule has 0 aromatic rings. The first kappa shape index (κ1) is 54.9. The second kappa shape index (κ2) is 43.4. The predicted molar refractivity (Wildman–Crippen MR) is 241 cm³/mol. The van der Waals surface area contributed by atoms with Gasteiger partial charge in [0.25, 0.3) is 0 Å². The summed E-state index contributed by atoms with van der Waals surface area (Å²) in [7, 11) is 2.24. The first-order valence-electron chi connectivity index (χ1n) is 25.3. The molecule has 0 spiro atoms. The normalized spacial score (nSPS) is 18.4. The van der Waals surface area contributed by atoms with Crippen LogP contribution in [0.1, 0.15) is 259 Å². The van der Waals surface area contributed by atoms with Crippen LogP contribution in [0, 0.1) is 11.8 Å². The molecule has 6 nitrogen and oxygen atoms in total. The van der Waals surface area contributed by atoms with Crippen molar-refractivity contribution >= 4 is 11.9 Å². The molecule has 56 heavy (non-hydrogen) atoms. The number of carbonyl (C=O) groups is 2. The fraction of sp³-hybridized carbons (Fsp3) is 0.960. The van der Waals surface area contributed by atoms with Crippen LogP contribution < -0.4 is 0 Å². The van der Waals surface area contributed by atoms with Crippen LogP contribution in [0.3, 0.4) is 0 Å². The molecule has 2 rings (SSSR count). The number of rotatable bonds is 19. The Morgan fingerprint density at radius 3 is 1.07 bits per heavy atom. The summed E-state index contributed by atoms with van der Waals surface area (Å²) < 4.78 is 11.7. The van der Waals surface area contributed by atoms with Gasteiger partial charge in [0.2, 0.25) is 0 Å². The Kier molecular flexibility index (Phi) is 42.6. The lowest BCUT2D eigenvalue weighted by atomic mass is 9.93. The van der Waals surface area contributed by atoms with Gasteiger partial charge in [-0.3, -0.25) is 9.59 Å². The van der Waals surface area contributed by atoms with Gasteiger partial charge < -0.3 is 19.5 Å². The molecular weight excluding hydrogens is 695 g/mol. The van der Waals surface area contributed by atoms with Crippen molar-refractivity contribution in [1.82, 2.24) is 4.90 Å². The van der Waals surface area contributed by atoms with E-state index in [-0.39, 0.29) is 30.4 Å². The molecule has 0 aliphatic heterocycles. The van der Waals surface area contributed by atoms with Crippen molar-refractivity contribution in [2.24, 2.45) is 11.8 Å². The third-order valence-corrected chi connectivity index (χ3v) is 12.3. The summed E-state index contributed by atoms with van der Waals surface area (Å²) in [6.45, 7) is 10.4. The lowest BCUT2D eigenvalue weighted by molar-refractivity contribution is -0.150. The molecule has 0 atom stereocenters. The second-order valence-corrected chi connectivity index (χ2v) is 16.9. The summed E-state index contributed by atoms with van der Waals surface area (Å²) in [4.78, 5) is 28.5. The molecule has 0 bridgehead atoms. The van der Waals surface area contributed by atoms with E-state index in [9.17, 15) is 14.7 Å². The molecule has 0 radical (unpaired) electrons. The highest BCUT2D eigenvalue weighted by Crippen LogP contribution is 2.24. The first-order valence-corrected chi connectivity index (χ1v) is 25.3. The van der Waals surface area contributed by atoms with Crippen molar-refractivity contribution in [2.45, 2.75) is 265 Å². The van der Waals surface area contributed by atoms with Gasteiger partial charge in [-0.1, -0.05) is 195 Å². The van der Waals surface area contributed by atoms with Gasteiger partial charge in [-0.15, -0.1) is 0 Å². The molecule has 2 aliphatic carbocycles. The molecule has 0 aromatic carbocycles. The molecule has 0 amide bonds. The Hall–Kier alpha value is -1.14. The summed E-state index contributed by atoms with van der Waals surface area (Å²) in [5, 5.41) is 9.30. The smallest absolute Gasteiger partial charge is 0.308 e. The highest BCUT2D eigenvalue weighted by Gasteiger charge is 2.21. The van der Waals surface area contributed by atoms with Crippen LogP contribution in [0.2, 0.25) is 0 Å². The topological polar surface area (TPSA) is 76.1 Å². The van der Waals surface area contributed by atoms with E-state index < -0.39 is 0 Å². The molecule has 0 saturated heterocycles. The minimum absolute atomic E-state index is 0.0614. The summed E-state index contributed by atoms with van der Waals surface area (Å²) >= 11 is 0. The van der Waals surface area contributed by atoms with Crippen LogP contribution in [0.15, 0.2) is 0 Å². The number of aliphatic hydroxyl groups is 1. The van der Waals surface area contributed by atoms with E-state index in [1.54, 1.807) is 0 Å². The first-order chi connectivity index (χ1) is 27.6. The van der Waals surface area contributed by atoms with E-state index in [4.69, 9.17) is 9.47 Å². The Morgan fingerprint density at radius 2 is 0.768 bits per heavy atom. The maximum Gasteiger partial charge on any atom is 0.308 e. The molecule has 6 heteroatoms. The molecule has 0 aromatic heterocycles. The lowest BCUT2D eigenvalue weighted by Gasteiger charge is -2.28. The van der Waals surface area contributed by atoms with E-state index in [0.29, 0.717) is 19.3 Å². The van der Waals surface area contributed by atoms with Gasteiger partial charge in [0.15, 0.2) is 0 Å². The number of aliphatic hydroxyl groups excluding tert-OH is 1. The van der Waals surface area contributed by atoms with Crippen molar-refractivity contribution in [2.75, 3.05) is 33.4 Å². The van der Waals surface area contributed by atoms with Gasteiger partial charge in [0.1, 0.15) is 0 Å². The minimum Gasteiger partial charge on any atom is -0.465 e. The number of esters is 2. The summed E-state index contributed by atoms with van der Waals surface area (Å²) in [5.41, 5.74) is 0. The zero-order chi connectivity index (χ0) is 41.2. The van der Waals surface area contributed by atoms with E-state index in [1.165, 1.54) is 141 Å². The Labute approximate surface area is 350 Å². The zero-order valence-electron chi connectivity index (χ0n) is 38.5. The molecule has 1 N–H and O–H groups in total. The van der Waals surface area contributed by atoms with E-state index in [1.807, 2.05) is 27.7 Å². The van der Waals surface area contributed by atoms with Crippen LogP contribution in [0.5, 0.6) is 0 Å². The van der Waals surface area contributed by atoms with Gasteiger partial charge in [0.05, 0.1) is 25.0 Å².